The van der Waals surface area contributed by atoms with Gasteiger partial charge in [0.2, 0.25) is 0 Å². The second-order valence-corrected chi connectivity index (χ2v) is 5.16. The van der Waals surface area contributed by atoms with Crippen LogP contribution in [0.5, 0.6) is 0 Å². The van der Waals surface area contributed by atoms with E-state index in [2.05, 4.69) is 28.7 Å². The van der Waals surface area contributed by atoms with E-state index in [4.69, 9.17) is 11.5 Å². The Labute approximate surface area is 102 Å². The minimum atomic E-state index is 0.250. The molecule has 5 nitrogen and oxygen atoms in total. The lowest BCUT2D eigenvalue weighted by molar-refractivity contribution is 0.620. The molecule has 0 aliphatic carbocycles. The van der Waals surface area contributed by atoms with Gasteiger partial charge in [-0.1, -0.05) is 13.8 Å². The Morgan fingerprint density at radius 1 is 1.47 bits per heavy atom. The molecule has 17 heavy (non-hydrogen) atoms. The molecule has 4 N–H and O–H groups in total. The van der Waals surface area contributed by atoms with Gasteiger partial charge >= 0.3 is 0 Å². The second-order valence-electron chi connectivity index (χ2n) is 5.16. The van der Waals surface area contributed by atoms with Gasteiger partial charge in [-0.15, -0.1) is 0 Å². The smallest absolute Gasteiger partial charge is 0.134 e. The minimum absolute atomic E-state index is 0.250. The van der Waals surface area contributed by atoms with Gasteiger partial charge in [0.15, 0.2) is 0 Å². The number of hydrogen-bond donors (Lipinski definition) is 2. The van der Waals surface area contributed by atoms with Gasteiger partial charge in [0.1, 0.15) is 17.5 Å². The number of hydrogen-bond acceptors (Lipinski definition) is 5. The summed E-state index contributed by atoms with van der Waals surface area (Å²) in [5.41, 5.74) is 11.7. The van der Waals surface area contributed by atoms with Gasteiger partial charge in [-0.05, 0) is 12.3 Å². The number of rotatable bonds is 3. The summed E-state index contributed by atoms with van der Waals surface area (Å²) in [6.07, 6.45) is 1.88. The zero-order chi connectivity index (χ0) is 12.4. The molecule has 0 amide bonds. The molecule has 0 aromatic carbocycles. The summed E-state index contributed by atoms with van der Waals surface area (Å²) in [4.78, 5) is 11.0. The van der Waals surface area contributed by atoms with Crippen LogP contribution in [0.4, 0.5) is 11.6 Å². The normalized spacial score (nSPS) is 20.2. The fourth-order valence-corrected chi connectivity index (χ4v) is 2.12. The van der Waals surface area contributed by atoms with Gasteiger partial charge in [-0.2, -0.15) is 0 Å². The van der Waals surface area contributed by atoms with Gasteiger partial charge in [-0.25, -0.2) is 9.97 Å². The summed E-state index contributed by atoms with van der Waals surface area (Å²) in [5, 5.41) is 0. The molecular formula is C12H21N5. The summed E-state index contributed by atoms with van der Waals surface area (Å²) in [7, 11) is 0. The van der Waals surface area contributed by atoms with Crippen molar-refractivity contribution in [2.24, 2.45) is 11.7 Å². The van der Waals surface area contributed by atoms with Crippen molar-refractivity contribution in [1.29, 1.82) is 0 Å². The van der Waals surface area contributed by atoms with Crippen LogP contribution >= 0.6 is 0 Å². The van der Waals surface area contributed by atoms with E-state index in [-0.39, 0.29) is 6.04 Å². The lowest BCUT2D eigenvalue weighted by atomic mass is 10.1. The largest absolute Gasteiger partial charge is 0.384 e. The molecule has 5 heteroatoms. The van der Waals surface area contributed by atoms with Crippen molar-refractivity contribution >= 4 is 11.6 Å². The summed E-state index contributed by atoms with van der Waals surface area (Å²) >= 11 is 0. The predicted octanol–water partition coefficient (Wildman–Crippen LogP) is 0.795. The van der Waals surface area contributed by atoms with Crippen molar-refractivity contribution < 1.29 is 0 Å². The Hall–Kier alpha value is -1.36. The molecule has 1 aliphatic heterocycles. The highest BCUT2D eigenvalue weighted by Gasteiger charge is 2.21. The van der Waals surface area contributed by atoms with Gasteiger partial charge in [0.05, 0.1) is 0 Å². The summed E-state index contributed by atoms with van der Waals surface area (Å²) in [6, 6.07) is 2.08. The van der Waals surface area contributed by atoms with E-state index in [1.54, 1.807) is 0 Å². The van der Waals surface area contributed by atoms with E-state index < -0.39 is 0 Å². The average Bonchev–Trinajstić information content (AvgIpc) is 2.62. The molecule has 1 aromatic rings. The Morgan fingerprint density at radius 2 is 2.24 bits per heavy atom. The predicted molar refractivity (Wildman–Crippen MR) is 69.8 cm³/mol. The third-order valence-corrected chi connectivity index (χ3v) is 2.92. The SMILES string of the molecule is CC(C)Cc1nc(N)cc(N2CC[C@@H](N)C2)n1. The first-order chi connectivity index (χ1) is 8.04. The zero-order valence-corrected chi connectivity index (χ0v) is 10.6. The van der Waals surface area contributed by atoms with Crippen LogP contribution in [0.25, 0.3) is 0 Å². The van der Waals surface area contributed by atoms with Crippen molar-refractivity contribution in [3.63, 3.8) is 0 Å². The zero-order valence-electron chi connectivity index (χ0n) is 10.6. The molecule has 2 heterocycles. The maximum absolute atomic E-state index is 5.90. The molecule has 1 atom stereocenters. The Balaban J connectivity index is 2.19. The lowest BCUT2D eigenvalue weighted by Gasteiger charge is -2.18. The fourth-order valence-electron chi connectivity index (χ4n) is 2.12. The van der Waals surface area contributed by atoms with Crippen LogP contribution in [0.15, 0.2) is 6.07 Å². The standard InChI is InChI=1S/C12H21N5/c1-8(2)5-11-15-10(14)6-12(16-11)17-4-3-9(13)7-17/h6,8-9H,3-5,7,13H2,1-2H3,(H2,14,15,16)/t9-/m1/s1. The van der Waals surface area contributed by atoms with Gasteiger partial charge in [0.25, 0.3) is 0 Å². The van der Waals surface area contributed by atoms with Gasteiger partial charge in [-0.3, -0.25) is 0 Å². The third kappa shape index (κ3) is 3.06. The number of nitrogens with two attached hydrogens (primary N) is 2. The Kier molecular flexibility index (Phi) is 3.47. The van der Waals surface area contributed by atoms with E-state index in [1.165, 1.54) is 0 Å². The maximum Gasteiger partial charge on any atom is 0.134 e. The molecule has 1 saturated heterocycles. The molecule has 0 spiro atoms. The molecule has 0 bridgehead atoms. The maximum atomic E-state index is 5.90. The van der Waals surface area contributed by atoms with E-state index >= 15 is 0 Å². The van der Waals surface area contributed by atoms with Crippen molar-refractivity contribution in [3.8, 4) is 0 Å². The third-order valence-electron chi connectivity index (χ3n) is 2.92. The van der Waals surface area contributed by atoms with Crippen LogP contribution in [-0.2, 0) is 6.42 Å². The van der Waals surface area contributed by atoms with Gasteiger partial charge in [0, 0.05) is 31.6 Å². The van der Waals surface area contributed by atoms with E-state index in [0.717, 1.165) is 37.6 Å². The molecule has 2 rings (SSSR count). The summed E-state index contributed by atoms with van der Waals surface area (Å²) in [5.74, 6) is 2.83. The Morgan fingerprint density at radius 3 is 2.82 bits per heavy atom. The summed E-state index contributed by atoms with van der Waals surface area (Å²) in [6.45, 7) is 6.12. The molecule has 0 saturated carbocycles. The highest BCUT2D eigenvalue weighted by molar-refractivity contribution is 5.48. The first-order valence-electron chi connectivity index (χ1n) is 6.18. The van der Waals surface area contributed by atoms with Crippen LogP contribution in [0, 0.1) is 5.92 Å². The Bertz CT molecular complexity index is 390. The number of aromatic nitrogens is 2. The van der Waals surface area contributed by atoms with E-state index in [1.807, 2.05) is 6.07 Å². The van der Waals surface area contributed by atoms with Gasteiger partial charge < -0.3 is 16.4 Å². The quantitative estimate of drug-likeness (QED) is 0.809. The van der Waals surface area contributed by atoms with Crippen molar-refractivity contribution in [2.75, 3.05) is 23.7 Å². The number of anilines is 2. The van der Waals surface area contributed by atoms with E-state index in [0.29, 0.717) is 11.7 Å². The van der Waals surface area contributed by atoms with E-state index in [9.17, 15) is 0 Å². The number of nitrogens with zero attached hydrogens (tertiary/aromatic N) is 3. The molecule has 1 aliphatic rings. The topological polar surface area (TPSA) is 81.1 Å². The minimum Gasteiger partial charge on any atom is -0.384 e. The molecule has 1 aromatic heterocycles. The first-order valence-corrected chi connectivity index (χ1v) is 6.18. The van der Waals surface area contributed by atoms with Crippen LogP contribution in [0.3, 0.4) is 0 Å². The summed E-state index contributed by atoms with van der Waals surface area (Å²) < 4.78 is 0. The van der Waals surface area contributed by atoms with Crippen LogP contribution in [-0.4, -0.2) is 29.1 Å². The van der Waals surface area contributed by atoms with Crippen LogP contribution in [0.2, 0.25) is 0 Å². The monoisotopic (exact) mass is 235 g/mol. The molecular weight excluding hydrogens is 214 g/mol. The first kappa shape index (κ1) is 12.1. The fraction of sp³-hybridized carbons (Fsp3) is 0.667. The highest BCUT2D eigenvalue weighted by Crippen LogP contribution is 2.20. The molecule has 1 fully saturated rings. The lowest BCUT2D eigenvalue weighted by Crippen LogP contribution is -2.27. The highest BCUT2D eigenvalue weighted by atomic mass is 15.2. The van der Waals surface area contributed by atoms with Crippen molar-refractivity contribution in [3.05, 3.63) is 11.9 Å². The molecule has 0 radical (unpaired) electrons. The van der Waals surface area contributed by atoms with Crippen molar-refractivity contribution in [1.82, 2.24) is 9.97 Å². The number of nitrogen functional groups attached to an aromatic ring is 1. The van der Waals surface area contributed by atoms with Crippen molar-refractivity contribution in [2.45, 2.75) is 32.7 Å². The second kappa shape index (κ2) is 4.87. The molecule has 94 valence electrons. The van der Waals surface area contributed by atoms with Crippen LogP contribution < -0.4 is 16.4 Å². The molecule has 0 unspecified atom stereocenters. The average molecular weight is 235 g/mol. The van der Waals surface area contributed by atoms with Crippen LogP contribution in [0.1, 0.15) is 26.1 Å².